The quantitative estimate of drug-likeness (QED) is 0.300. The second-order valence-corrected chi connectivity index (χ2v) is 10.2. The summed E-state index contributed by atoms with van der Waals surface area (Å²) in [7, 11) is 1.69. The third-order valence-electron chi connectivity index (χ3n) is 6.09. The molecule has 1 aliphatic heterocycles. The van der Waals surface area contributed by atoms with Crippen LogP contribution in [0.25, 0.3) is 22.6 Å². The van der Waals surface area contributed by atoms with E-state index in [1.807, 2.05) is 19.1 Å². The van der Waals surface area contributed by atoms with Gasteiger partial charge in [0.05, 0.1) is 11.4 Å². The molecular formula is C27H25ClN2O2S. The molecule has 0 unspecified atom stereocenters. The van der Waals surface area contributed by atoms with Gasteiger partial charge in [0.2, 0.25) is 5.89 Å². The Morgan fingerprint density at radius 3 is 2.30 bits per heavy atom. The number of hydrogen-bond donors (Lipinski definition) is 0. The molecule has 0 radical (unpaired) electrons. The van der Waals surface area contributed by atoms with Crippen molar-refractivity contribution in [3.63, 3.8) is 0 Å². The molecule has 168 valence electrons. The third-order valence-corrected chi connectivity index (χ3v) is 7.27. The van der Waals surface area contributed by atoms with Gasteiger partial charge in [-0.15, -0.1) is 11.3 Å². The smallest absolute Gasteiger partial charge is 0.226 e. The Morgan fingerprint density at radius 2 is 1.67 bits per heavy atom. The molecule has 0 aliphatic carbocycles. The van der Waals surface area contributed by atoms with Crippen LogP contribution in [0.2, 0.25) is 4.34 Å². The van der Waals surface area contributed by atoms with Gasteiger partial charge in [0, 0.05) is 34.8 Å². The lowest BCUT2D eigenvalue weighted by Gasteiger charge is -2.19. The second kappa shape index (κ2) is 8.73. The van der Waals surface area contributed by atoms with Gasteiger partial charge >= 0.3 is 0 Å². The minimum atomic E-state index is 0.650. The van der Waals surface area contributed by atoms with Crippen LogP contribution in [0.5, 0.6) is 5.75 Å². The number of halogens is 1. The van der Waals surface area contributed by atoms with Crippen LogP contribution >= 0.6 is 22.9 Å². The van der Waals surface area contributed by atoms with Crippen LogP contribution in [0.4, 0.5) is 5.69 Å². The van der Waals surface area contributed by atoms with Gasteiger partial charge in [0.15, 0.2) is 0 Å². The standard InChI is InChI=1S/C27H25ClN2O2S/c1-16-5-7-19(8-6-16)27-29-26(17(2)32-27)24-15-30(20-9-11-21(31-4)12-10-20)14-23(24)22-13-25(28)33-18(22)3/h5-13H,14-15H2,1-4H3. The summed E-state index contributed by atoms with van der Waals surface area (Å²) in [5.74, 6) is 2.33. The van der Waals surface area contributed by atoms with E-state index in [-0.39, 0.29) is 0 Å². The molecule has 1 aliphatic rings. The van der Waals surface area contributed by atoms with Crippen molar-refractivity contribution in [2.24, 2.45) is 0 Å². The predicted octanol–water partition coefficient (Wildman–Crippen LogP) is 7.42. The summed E-state index contributed by atoms with van der Waals surface area (Å²) < 4.78 is 12.3. The first kappa shape index (κ1) is 21.8. The van der Waals surface area contributed by atoms with Crippen LogP contribution in [0.3, 0.4) is 0 Å². The van der Waals surface area contributed by atoms with Gasteiger partial charge in [-0.05, 0) is 74.4 Å². The first-order valence-electron chi connectivity index (χ1n) is 10.8. The van der Waals surface area contributed by atoms with Crippen molar-refractivity contribution < 1.29 is 9.15 Å². The van der Waals surface area contributed by atoms with Crippen molar-refractivity contribution >= 4 is 39.8 Å². The fraction of sp³-hybridized carbons (Fsp3) is 0.222. The molecule has 0 spiro atoms. The molecule has 0 saturated heterocycles. The molecule has 0 bridgehead atoms. The maximum atomic E-state index is 6.39. The number of thiophene rings is 1. The number of nitrogens with zero attached hydrogens (tertiary/aromatic N) is 2. The Kier molecular flexibility index (Phi) is 5.77. The molecule has 4 nitrogen and oxygen atoms in total. The molecule has 0 amide bonds. The Balaban J connectivity index is 1.57. The molecule has 4 aromatic rings. The summed E-state index contributed by atoms with van der Waals surface area (Å²) in [5, 5.41) is 0. The van der Waals surface area contributed by atoms with Crippen LogP contribution in [0, 0.1) is 20.8 Å². The highest BCUT2D eigenvalue weighted by atomic mass is 35.5. The molecule has 0 saturated carbocycles. The highest BCUT2D eigenvalue weighted by Crippen LogP contribution is 2.41. The van der Waals surface area contributed by atoms with Gasteiger partial charge < -0.3 is 14.1 Å². The van der Waals surface area contributed by atoms with Gasteiger partial charge in [-0.2, -0.15) is 0 Å². The van der Waals surface area contributed by atoms with Gasteiger partial charge in [-0.1, -0.05) is 29.3 Å². The molecule has 2 aromatic heterocycles. The fourth-order valence-electron chi connectivity index (χ4n) is 4.31. The van der Waals surface area contributed by atoms with Crippen molar-refractivity contribution in [1.82, 2.24) is 4.98 Å². The topological polar surface area (TPSA) is 38.5 Å². The number of ether oxygens (including phenoxy) is 1. The number of aryl methyl sites for hydroxylation is 3. The van der Waals surface area contributed by atoms with Gasteiger partial charge in [0.25, 0.3) is 0 Å². The van der Waals surface area contributed by atoms with E-state index < -0.39 is 0 Å². The largest absolute Gasteiger partial charge is 0.497 e. The molecule has 0 atom stereocenters. The number of benzene rings is 2. The summed E-state index contributed by atoms with van der Waals surface area (Å²) in [6, 6.07) is 18.5. The fourth-order valence-corrected chi connectivity index (χ4v) is 5.53. The zero-order chi connectivity index (χ0) is 23.1. The van der Waals surface area contributed by atoms with E-state index in [1.54, 1.807) is 18.4 Å². The van der Waals surface area contributed by atoms with Crippen molar-refractivity contribution in [2.75, 3.05) is 25.1 Å². The first-order valence-corrected chi connectivity index (χ1v) is 12.0. The summed E-state index contributed by atoms with van der Waals surface area (Å²) in [5.41, 5.74) is 7.87. The number of oxazole rings is 1. The van der Waals surface area contributed by atoms with Gasteiger partial charge in [-0.25, -0.2) is 4.98 Å². The Morgan fingerprint density at radius 1 is 0.970 bits per heavy atom. The Hall–Kier alpha value is -3.02. The lowest BCUT2D eigenvalue weighted by Crippen LogP contribution is -2.20. The summed E-state index contributed by atoms with van der Waals surface area (Å²) in [6.45, 7) is 7.72. The average molecular weight is 477 g/mol. The number of methoxy groups -OCH3 is 1. The second-order valence-electron chi connectivity index (χ2n) is 8.32. The van der Waals surface area contributed by atoms with E-state index in [4.69, 9.17) is 25.7 Å². The maximum Gasteiger partial charge on any atom is 0.226 e. The molecular weight excluding hydrogens is 452 g/mol. The van der Waals surface area contributed by atoms with E-state index >= 15 is 0 Å². The molecule has 2 aromatic carbocycles. The normalized spacial score (nSPS) is 13.8. The lowest BCUT2D eigenvalue weighted by molar-refractivity contribution is 0.415. The monoisotopic (exact) mass is 476 g/mol. The third kappa shape index (κ3) is 4.19. The first-order chi connectivity index (χ1) is 15.9. The van der Waals surface area contributed by atoms with E-state index in [1.165, 1.54) is 27.2 Å². The molecule has 0 N–H and O–H groups in total. The van der Waals surface area contributed by atoms with Crippen LogP contribution in [0.1, 0.15) is 27.5 Å². The Bertz CT molecular complexity index is 1330. The van der Waals surface area contributed by atoms with E-state index in [0.717, 1.165) is 45.9 Å². The van der Waals surface area contributed by atoms with Crippen molar-refractivity contribution in [3.05, 3.63) is 86.4 Å². The van der Waals surface area contributed by atoms with Crippen LogP contribution in [-0.2, 0) is 0 Å². The number of anilines is 1. The molecule has 33 heavy (non-hydrogen) atoms. The maximum absolute atomic E-state index is 6.39. The highest BCUT2D eigenvalue weighted by Gasteiger charge is 2.29. The molecule has 0 fully saturated rings. The Labute approximate surface area is 203 Å². The molecule has 6 heteroatoms. The van der Waals surface area contributed by atoms with Crippen molar-refractivity contribution in [3.8, 4) is 17.2 Å². The minimum Gasteiger partial charge on any atom is -0.497 e. The summed E-state index contributed by atoms with van der Waals surface area (Å²) in [4.78, 5) is 8.53. The highest BCUT2D eigenvalue weighted by molar-refractivity contribution is 7.16. The van der Waals surface area contributed by atoms with Crippen LogP contribution in [0.15, 0.2) is 59.0 Å². The lowest BCUT2D eigenvalue weighted by atomic mass is 10.0. The predicted molar refractivity (Wildman–Crippen MR) is 137 cm³/mol. The summed E-state index contributed by atoms with van der Waals surface area (Å²) in [6.07, 6.45) is 0. The SMILES string of the molecule is COc1ccc(N2CC(c3cc(Cl)sc3C)=C(c3nc(-c4ccc(C)cc4)oc3C)C2)cc1. The summed E-state index contributed by atoms with van der Waals surface area (Å²) >= 11 is 8.00. The molecule has 3 heterocycles. The molecule has 5 rings (SSSR count). The van der Waals surface area contributed by atoms with E-state index in [2.05, 4.69) is 61.2 Å². The van der Waals surface area contributed by atoms with Crippen molar-refractivity contribution in [2.45, 2.75) is 20.8 Å². The number of aromatic nitrogens is 1. The van der Waals surface area contributed by atoms with E-state index in [9.17, 15) is 0 Å². The van der Waals surface area contributed by atoms with Gasteiger partial charge in [0.1, 0.15) is 17.2 Å². The van der Waals surface area contributed by atoms with Crippen LogP contribution < -0.4 is 9.64 Å². The zero-order valence-electron chi connectivity index (χ0n) is 19.1. The van der Waals surface area contributed by atoms with Crippen LogP contribution in [-0.4, -0.2) is 25.2 Å². The van der Waals surface area contributed by atoms with Crippen molar-refractivity contribution in [1.29, 1.82) is 0 Å². The minimum absolute atomic E-state index is 0.650. The number of rotatable bonds is 5. The van der Waals surface area contributed by atoms with E-state index in [0.29, 0.717) is 5.89 Å². The van der Waals surface area contributed by atoms with Gasteiger partial charge in [-0.3, -0.25) is 0 Å². The zero-order valence-corrected chi connectivity index (χ0v) is 20.7. The number of hydrogen-bond acceptors (Lipinski definition) is 5. The average Bonchev–Trinajstić information content (AvgIpc) is 3.50.